The first-order valence-electron chi connectivity index (χ1n) is 6.04. The van der Waals surface area contributed by atoms with Gasteiger partial charge < -0.3 is 19.7 Å². The summed E-state index contributed by atoms with van der Waals surface area (Å²) in [5.74, 6) is -1.84. The van der Waals surface area contributed by atoms with Crippen molar-refractivity contribution in [2.45, 2.75) is 33.5 Å². The summed E-state index contributed by atoms with van der Waals surface area (Å²) < 4.78 is 10.1. The van der Waals surface area contributed by atoms with Crippen LogP contribution in [0.2, 0.25) is 0 Å². The molecule has 0 aliphatic rings. The number of nitrogens with zero attached hydrogens (tertiary/aromatic N) is 1. The molecule has 20 heavy (non-hydrogen) atoms. The highest BCUT2D eigenvalue weighted by Gasteiger charge is 2.21. The van der Waals surface area contributed by atoms with Gasteiger partial charge >= 0.3 is 12.1 Å². The zero-order valence-corrected chi connectivity index (χ0v) is 11.4. The number of carbonyl (C=O) groups is 2. The lowest BCUT2D eigenvalue weighted by molar-refractivity contribution is -0.175. The Morgan fingerprint density at radius 2 is 1.75 bits per heavy atom. The third-order valence-corrected chi connectivity index (χ3v) is 2.24. The van der Waals surface area contributed by atoms with Gasteiger partial charge in [0.1, 0.15) is 0 Å². The molecule has 1 heterocycles. The molecular formula is C12H17NO7. The lowest BCUT2D eigenvalue weighted by atomic mass is 10.2. The van der Waals surface area contributed by atoms with E-state index in [0.29, 0.717) is 4.73 Å². The van der Waals surface area contributed by atoms with Crippen LogP contribution < -0.4 is 4.84 Å². The van der Waals surface area contributed by atoms with Crippen molar-refractivity contribution in [2.75, 3.05) is 0 Å². The monoisotopic (exact) mass is 287 g/mol. The maximum atomic E-state index is 11.5. The SMILES string of the molecule is CCC(OC(=O)On1c(O)ccc1O)OC(=O)C(C)C. The summed E-state index contributed by atoms with van der Waals surface area (Å²) in [7, 11) is 0. The Bertz CT molecular complexity index is 461. The van der Waals surface area contributed by atoms with Gasteiger partial charge in [-0.25, -0.2) is 4.79 Å². The van der Waals surface area contributed by atoms with Crippen molar-refractivity contribution in [1.29, 1.82) is 0 Å². The zero-order valence-electron chi connectivity index (χ0n) is 11.4. The molecule has 1 atom stereocenters. The quantitative estimate of drug-likeness (QED) is 0.622. The number of esters is 1. The van der Waals surface area contributed by atoms with Crippen molar-refractivity contribution in [1.82, 2.24) is 4.73 Å². The summed E-state index contributed by atoms with van der Waals surface area (Å²) in [5.41, 5.74) is 0. The average molecular weight is 287 g/mol. The van der Waals surface area contributed by atoms with E-state index in [1.54, 1.807) is 20.8 Å². The number of ether oxygens (including phenoxy) is 2. The molecule has 0 aromatic carbocycles. The van der Waals surface area contributed by atoms with Gasteiger partial charge in [-0.3, -0.25) is 9.63 Å². The van der Waals surface area contributed by atoms with Crippen molar-refractivity contribution in [3.8, 4) is 11.8 Å². The summed E-state index contributed by atoms with van der Waals surface area (Å²) in [4.78, 5) is 27.4. The second-order valence-corrected chi connectivity index (χ2v) is 4.23. The largest absolute Gasteiger partial charge is 0.537 e. The van der Waals surface area contributed by atoms with E-state index in [1.165, 1.54) is 0 Å². The predicted octanol–water partition coefficient (Wildman–Crippen LogP) is 1.40. The van der Waals surface area contributed by atoms with E-state index < -0.39 is 30.2 Å². The Morgan fingerprint density at radius 1 is 1.20 bits per heavy atom. The first-order chi connectivity index (χ1) is 9.35. The van der Waals surface area contributed by atoms with E-state index >= 15 is 0 Å². The topological polar surface area (TPSA) is 107 Å². The second-order valence-electron chi connectivity index (χ2n) is 4.23. The molecule has 0 amide bonds. The van der Waals surface area contributed by atoms with Crippen molar-refractivity contribution >= 4 is 12.1 Å². The fourth-order valence-corrected chi connectivity index (χ4v) is 1.16. The first kappa shape index (κ1) is 15.7. The van der Waals surface area contributed by atoms with Gasteiger partial charge in [0.25, 0.3) is 6.29 Å². The molecular weight excluding hydrogens is 270 g/mol. The number of aromatic hydroxyl groups is 2. The van der Waals surface area contributed by atoms with Crippen LogP contribution in [0.3, 0.4) is 0 Å². The summed E-state index contributed by atoms with van der Waals surface area (Å²) in [6.45, 7) is 4.93. The number of rotatable bonds is 5. The fraction of sp³-hybridized carbons (Fsp3) is 0.500. The molecule has 0 saturated heterocycles. The minimum Gasteiger partial charge on any atom is -0.492 e. The lowest BCUT2D eigenvalue weighted by Crippen LogP contribution is -2.30. The Balaban J connectivity index is 2.58. The first-order valence-corrected chi connectivity index (χ1v) is 6.04. The van der Waals surface area contributed by atoms with Gasteiger partial charge in [0.05, 0.1) is 5.92 Å². The third-order valence-electron chi connectivity index (χ3n) is 2.24. The van der Waals surface area contributed by atoms with E-state index in [2.05, 4.69) is 4.84 Å². The molecule has 8 heteroatoms. The molecule has 0 saturated carbocycles. The lowest BCUT2D eigenvalue weighted by Gasteiger charge is -2.17. The molecule has 0 spiro atoms. The van der Waals surface area contributed by atoms with E-state index in [9.17, 15) is 19.8 Å². The molecule has 1 rings (SSSR count). The number of hydrogen-bond donors (Lipinski definition) is 2. The van der Waals surface area contributed by atoms with Crippen molar-refractivity contribution in [3.05, 3.63) is 12.1 Å². The Hall–Kier alpha value is -2.38. The van der Waals surface area contributed by atoms with Crippen LogP contribution >= 0.6 is 0 Å². The van der Waals surface area contributed by atoms with E-state index in [0.717, 1.165) is 12.1 Å². The van der Waals surface area contributed by atoms with Crippen LogP contribution in [0.1, 0.15) is 27.2 Å². The smallest absolute Gasteiger partial charge is 0.492 e. The molecule has 1 aromatic rings. The highest BCUT2D eigenvalue weighted by Crippen LogP contribution is 2.19. The van der Waals surface area contributed by atoms with Gasteiger partial charge in [-0.2, -0.15) is 0 Å². The molecule has 8 nitrogen and oxygen atoms in total. The number of carbonyl (C=O) groups excluding carboxylic acids is 2. The van der Waals surface area contributed by atoms with Crippen molar-refractivity contribution < 1.29 is 34.1 Å². The van der Waals surface area contributed by atoms with Gasteiger partial charge in [0, 0.05) is 18.6 Å². The highest BCUT2D eigenvalue weighted by molar-refractivity contribution is 5.71. The van der Waals surface area contributed by atoms with E-state index in [1.807, 2.05) is 0 Å². The average Bonchev–Trinajstić information content (AvgIpc) is 2.69. The number of hydrogen-bond acceptors (Lipinski definition) is 7. The standard InChI is InChI=1S/C12H17NO7/c1-4-10(18-11(16)7(2)3)19-12(17)20-13-8(14)5-6-9(13)15/h5-7,10,14-15H,4H2,1-3H3. The van der Waals surface area contributed by atoms with Crippen LogP contribution in [-0.4, -0.2) is 33.4 Å². The van der Waals surface area contributed by atoms with Gasteiger partial charge in [0.15, 0.2) is 0 Å². The minimum atomic E-state index is -1.23. The van der Waals surface area contributed by atoms with Gasteiger partial charge in [0.2, 0.25) is 11.8 Å². The van der Waals surface area contributed by atoms with Crippen LogP contribution in [0.4, 0.5) is 4.79 Å². The van der Waals surface area contributed by atoms with Crippen LogP contribution in [0.5, 0.6) is 11.8 Å². The van der Waals surface area contributed by atoms with Gasteiger partial charge in [-0.1, -0.05) is 20.8 Å². The summed E-state index contributed by atoms with van der Waals surface area (Å²) in [5, 5.41) is 18.5. The molecule has 1 unspecified atom stereocenters. The van der Waals surface area contributed by atoms with Crippen molar-refractivity contribution in [3.63, 3.8) is 0 Å². The molecule has 0 bridgehead atoms. The Kier molecular flexibility index (Phi) is 5.24. The molecule has 112 valence electrons. The third kappa shape index (κ3) is 4.08. The molecule has 2 N–H and O–H groups in total. The zero-order chi connectivity index (χ0) is 15.3. The van der Waals surface area contributed by atoms with Crippen LogP contribution in [0.15, 0.2) is 12.1 Å². The summed E-state index contributed by atoms with van der Waals surface area (Å²) >= 11 is 0. The van der Waals surface area contributed by atoms with E-state index in [4.69, 9.17) is 9.47 Å². The maximum absolute atomic E-state index is 11.5. The maximum Gasteiger partial charge on any atom is 0.537 e. The normalized spacial score (nSPS) is 12.0. The van der Waals surface area contributed by atoms with Crippen LogP contribution in [0.25, 0.3) is 0 Å². The molecule has 1 aromatic heterocycles. The number of aromatic nitrogens is 1. The Morgan fingerprint density at radius 3 is 2.20 bits per heavy atom. The van der Waals surface area contributed by atoms with Crippen molar-refractivity contribution in [2.24, 2.45) is 5.92 Å². The molecule has 0 aliphatic carbocycles. The predicted molar refractivity (Wildman–Crippen MR) is 65.8 cm³/mol. The van der Waals surface area contributed by atoms with Crippen LogP contribution in [0, 0.1) is 5.92 Å². The minimum absolute atomic E-state index is 0.233. The summed E-state index contributed by atoms with van der Waals surface area (Å²) in [6, 6.07) is 2.25. The van der Waals surface area contributed by atoms with Gasteiger partial charge in [-0.15, -0.1) is 4.73 Å². The van der Waals surface area contributed by atoms with E-state index in [-0.39, 0.29) is 12.3 Å². The fourth-order valence-electron chi connectivity index (χ4n) is 1.16. The molecule has 0 fully saturated rings. The molecule has 0 aliphatic heterocycles. The second kappa shape index (κ2) is 6.69. The van der Waals surface area contributed by atoms with Gasteiger partial charge in [-0.05, 0) is 0 Å². The Labute approximate surface area is 115 Å². The highest BCUT2D eigenvalue weighted by atomic mass is 16.9. The van der Waals surface area contributed by atoms with Crippen LogP contribution in [-0.2, 0) is 14.3 Å². The molecule has 0 radical (unpaired) electrons. The summed E-state index contributed by atoms with van der Waals surface area (Å²) in [6.07, 6.45) is -2.09.